The monoisotopic (exact) mass is 261 g/mol. The minimum atomic E-state index is -0.540. The Labute approximate surface area is 111 Å². The molecule has 0 saturated carbocycles. The first kappa shape index (κ1) is 13.0. The van der Waals surface area contributed by atoms with Gasteiger partial charge in [0, 0.05) is 22.5 Å². The van der Waals surface area contributed by atoms with Crippen LogP contribution in [0.4, 0.5) is 0 Å². The third-order valence-electron chi connectivity index (χ3n) is 2.36. The van der Waals surface area contributed by atoms with E-state index in [-0.39, 0.29) is 0 Å². The first-order chi connectivity index (χ1) is 8.54. The fraction of sp³-hybridized carbons (Fsp3) is 0.308. The highest BCUT2D eigenvalue weighted by atomic mass is 32.2. The molecule has 0 aliphatic heterocycles. The van der Waals surface area contributed by atoms with E-state index in [1.54, 1.807) is 13.1 Å². The van der Waals surface area contributed by atoms with E-state index < -0.39 is 6.10 Å². The van der Waals surface area contributed by atoms with E-state index in [4.69, 9.17) is 0 Å². The number of aromatic nitrogens is 3. The molecular formula is C13H15N3OS. The van der Waals surface area contributed by atoms with Gasteiger partial charge in [-0.1, -0.05) is 0 Å². The average Bonchev–Trinajstić information content (AvgIpc) is 2.28. The number of pyridine rings is 1. The zero-order valence-corrected chi connectivity index (χ0v) is 11.4. The summed E-state index contributed by atoms with van der Waals surface area (Å²) in [5.41, 5.74) is 2.58. The van der Waals surface area contributed by atoms with Gasteiger partial charge in [-0.25, -0.2) is 9.97 Å². The molecule has 94 valence electrons. The van der Waals surface area contributed by atoms with E-state index in [1.807, 2.05) is 32.0 Å². The lowest BCUT2D eigenvalue weighted by Crippen LogP contribution is -1.95. The molecule has 0 bridgehead atoms. The summed E-state index contributed by atoms with van der Waals surface area (Å²) in [7, 11) is 0. The number of rotatable bonds is 3. The van der Waals surface area contributed by atoms with Crippen LogP contribution in [0, 0.1) is 13.8 Å². The number of hydrogen-bond acceptors (Lipinski definition) is 5. The largest absolute Gasteiger partial charge is 0.387 e. The standard InChI is InChI=1S/C13H15N3OS/c1-8-6-9(2)16-13(15-8)18-11-4-5-12(10(3)17)14-7-11/h4-7,10,17H,1-3H3/t10-/m1/s1. The molecule has 2 aromatic rings. The van der Waals surface area contributed by atoms with Gasteiger partial charge >= 0.3 is 0 Å². The van der Waals surface area contributed by atoms with Gasteiger partial charge in [-0.15, -0.1) is 0 Å². The quantitative estimate of drug-likeness (QED) is 0.861. The van der Waals surface area contributed by atoms with Gasteiger partial charge in [0.2, 0.25) is 0 Å². The molecule has 2 rings (SSSR count). The van der Waals surface area contributed by atoms with E-state index in [0.29, 0.717) is 5.69 Å². The zero-order chi connectivity index (χ0) is 13.1. The smallest absolute Gasteiger partial charge is 0.192 e. The van der Waals surface area contributed by atoms with E-state index in [0.717, 1.165) is 21.4 Å². The number of aliphatic hydroxyl groups is 1. The maximum atomic E-state index is 9.38. The fourth-order valence-corrected chi connectivity index (χ4v) is 2.38. The minimum absolute atomic E-state index is 0.540. The van der Waals surface area contributed by atoms with Crippen LogP contribution in [0.25, 0.3) is 0 Å². The molecule has 2 heterocycles. The van der Waals surface area contributed by atoms with Gasteiger partial charge in [-0.2, -0.15) is 0 Å². The van der Waals surface area contributed by atoms with Crippen LogP contribution < -0.4 is 0 Å². The van der Waals surface area contributed by atoms with Crippen LogP contribution in [0.15, 0.2) is 34.4 Å². The third-order valence-corrected chi connectivity index (χ3v) is 3.20. The molecule has 0 fully saturated rings. The van der Waals surface area contributed by atoms with Crippen molar-refractivity contribution < 1.29 is 5.11 Å². The maximum Gasteiger partial charge on any atom is 0.192 e. The van der Waals surface area contributed by atoms with Crippen molar-refractivity contribution in [1.29, 1.82) is 0 Å². The van der Waals surface area contributed by atoms with Gasteiger partial charge in [-0.05, 0) is 50.7 Å². The number of aryl methyl sites for hydroxylation is 2. The molecule has 1 N–H and O–H groups in total. The molecule has 5 heteroatoms. The van der Waals surface area contributed by atoms with Crippen LogP contribution in [0.2, 0.25) is 0 Å². The topological polar surface area (TPSA) is 58.9 Å². The van der Waals surface area contributed by atoms with Crippen molar-refractivity contribution in [2.24, 2.45) is 0 Å². The molecule has 0 aromatic carbocycles. The Balaban J connectivity index is 2.18. The molecule has 0 spiro atoms. The van der Waals surface area contributed by atoms with Crippen molar-refractivity contribution in [1.82, 2.24) is 15.0 Å². The second-order valence-corrected chi connectivity index (χ2v) is 5.17. The third kappa shape index (κ3) is 3.27. The summed E-state index contributed by atoms with van der Waals surface area (Å²) < 4.78 is 0. The normalized spacial score (nSPS) is 12.4. The van der Waals surface area contributed by atoms with E-state index in [1.165, 1.54) is 11.8 Å². The molecule has 0 unspecified atom stereocenters. The summed E-state index contributed by atoms with van der Waals surface area (Å²) in [5.74, 6) is 0. The SMILES string of the molecule is Cc1cc(C)nc(Sc2ccc([C@@H](C)O)nc2)n1. The number of hydrogen-bond donors (Lipinski definition) is 1. The summed E-state index contributed by atoms with van der Waals surface area (Å²) >= 11 is 1.47. The summed E-state index contributed by atoms with van der Waals surface area (Å²) in [6.45, 7) is 5.60. The van der Waals surface area contributed by atoms with Gasteiger partial charge < -0.3 is 5.11 Å². The lowest BCUT2D eigenvalue weighted by atomic mass is 10.2. The summed E-state index contributed by atoms with van der Waals surface area (Å²) in [6.07, 6.45) is 1.19. The second kappa shape index (κ2) is 5.46. The predicted molar refractivity (Wildman–Crippen MR) is 70.5 cm³/mol. The summed E-state index contributed by atoms with van der Waals surface area (Å²) in [6, 6.07) is 5.68. The molecule has 0 radical (unpaired) electrons. The number of nitrogens with zero attached hydrogens (tertiary/aromatic N) is 3. The fourth-order valence-electron chi connectivity index (χ4n) is 1.54. The van der Waals surface area contributed by atoms with Gasteiger partial charge in [0.25, 0.3) is 0 Å². The Morgan fingerprint density at radius 1 is 1.17 bits per heavy atom. The second-order valence-electron chi connectivity index (χ2n) is 4.13. The highest BCUT2D eigenvalue weighted by Gasteiger charge is 2.05. The highest BCUT2D eigenvalue weighted by Crippen LogP contribution is 2.25. The van der Waals surface area contributed by atoms with Crippen LogP contribution in [0.3, 0.4) is 0 Å². The first-order valence-corrected chi connectivity index (χ1v) is 6.50. The highest BCUT2D eigenvalue weighted by molar-refractivity contribution is 7.99. The van der Waals surface area contributed by atoms with Crippen molar-refractivity contribution in [3.8, 4) is 0 Å². The molecule has 1 atom stereocenters. The van der Waals surface area contributed by atoms with Gasteiger partial charge in [-0.3, -0.25) is 4.98 Å². The molecule has 2 aromatic heterocycles. The predicted octanol–water partition coefficient (Wildman–Crippen LogP) is 2.69. The van der Waals surface area contributed by atoms with Crippen LogP contribution in [-0.4, -0.2) is 20.1 Å². The lowest BCUT2D eigenvalue weighted by molar-refractivity contribution is 0.194. The van der Waals surface area contributed by atoms with Crippen molar-refractivity contribution in [2.75, 3.05) is 0 Å². The molecule has 0 aliphatic carbocycles. The van der Waals surface area contributed by atoms with E-state index >= 15 is 0 Å². The van der Waals surface area contributed by atoms with Crippen molar-refractivity contribution >= 4 is 11.8 Å². The zero-order valence-electron chi connectivity index (χ0n) is 10.6. The van der Waals surface area contributed by atoms with Crippen LogP contribution in [-0.2, 0) is 0 Å². The number of aliphatic hydroxyl groups excluding tert-OH is 1. The lowest BCUT2D eigenvalue weighted by Gasteiger charge is -2.05. The Hall–Kier alpha value is -1.46. The van der Waals surface area contributed by atoms with Gasteiger partial charge in [0.05, 0.1) is 11.8 Å². The van der Waals surface area contributed by atoms with E-state index in [2.05, 4.69) is 15.0 Å². The Morgan fingerprint density at radius 2 is 1.83 bits per heavy atom. The summed E-state index contributed by atoms with van der Waals surface area (Å²) in [5, 5.41) is 10.1. The maximum absolute atomic E-state index is 9.38. The Kier molecular flexibility index (Phi) is 3.93. The van der Waals surface area contributed by atoms with Crippen molar-refractivity contribution in [3.05, 3.63) is 41.5 Å². The molecular weight excluding hydrogens is 246 g/mol. The van der Waals surface area contributed by atoms with E-state index in [9.17, 15) is 5.11 Å². The minimum Gasteiger partial charge on any atom is -0.387 e. The van der Waals surface area contributed by atoms with Crippen LogP contribution in [0.1, 0.15) is 30.1 Å². The van der Waals surface area contributed by atoms with Gasteiger partial charge in [0.1, 0.15) is 0 Å². The van der Waals surface area contributed by atoms with Crippen molar-refractivity contribution in [2.45, 2.75) is 36.9 Å². The summed E-state index contributed by atoms with van der Waals surface area (Å²) in [4.78, 5) is 13.9. The molecule has 0 amide bonds. The first-order valence-electron chi connectivity index (χ1n) is 5.69. The van der Waals surface area contributed by atoms with Crippen molar-refractivity contribution in [3.63, 3.8) is 0 Å². The van der Waals surface area contributed by atoms with Gasteiger partial charge in [0.15, 0.2) is 5.16 Å². The average molecular weight is 261 g/mol. The molecule has 18 heavy (non-hydrogen) atoms. The van der Waals surface area contributed by atoms with Crippen LogP contribution >= 0.6 is 11.8 Å². The Bertz CT molecular complexity index is 520. The molecule has 4 nitrogen and oxygen atoms in total. The molecule has 0 saturated heterocycles. The van der Waals surface area contributed by atoms with Crippen LogP contribution in [0.5, 0.6) is 0 Å². The Morgan fingerprint density at radius 3 is 2.33 bits per heavy atom. The molecule has 0 aliphatic rings.